The Hall–Kier alpha value is -3.90. The van der Waals surface area contributed by atoms with E-state index in [1.807, 2.05) is 0 Å². The van der Waals surface area contributed by atoms with Crippen LogP contribution >= 0.6 is 0 Å². The topological polar surface area (TPSA) is 138 Å². The number of benzene rings is 2. The van der Waals surface area contributed by atoms with Crippen LogP contribution in [0.5, 0.6) is 11.5 Å². The monoisotopic (exact) mass is 616 g/mol. The first-order chi connectivity index (χ1) is 19.7. The number of methoxy groups -OCH3 is 1. The molecule has 0 radical (unpaired) electrons. The standard InChI is InChI=1S/C31H41FN2O8Si/c1-30(2,3)41-29(39)34(16-21-22(32)14-18(28(37)38)15-24(21)40-7)17-25(42-43(8,9)31(4,5)6)19-10-12-23(35)27-20(19)11-13-26(36)33-27/h10-15,25,35H,16-17H2,1-9H3,(H,33,36)(H,37,38)/t25-/m0/s1. The highest BCUT2D eigenvalue weighted by Crippen LogP contribution is 2.42. The fourth-order valence-corrected chi connectivity index (χ4v) is 5.53. The number of ether oxygens (including phenoxy) is 2. The lowest BCUT2D eigenvalue weighted by atomic mass is 10.0. The quantitative estimate of drug-likeness (QED) is 0.229. The van der Waals surface area contributed by atoms with Gasteiger partial charge in [0.05, 0.1) is 37.4 Å². The number of carboxylic acids is 1. The van der Waals surface area contributed by atoms with E-state index in [1.54, 1.807) is 32.9 Å². The van der Waals surface area contributed by atoms with Crippen molar-refractivity contribution in [2.75, 3.05) is 13.7 Å². The number of aromatic hydroxyl groups is 1. The molecule has 1 aromatic heterocycles. The number of pyridine rings is 1. The Kier molecular flexibility index (Phi) is 9.67. The lowest BCUT2D eigenvalue weighted by Gasteiger charge is -2.41. The van der Waals surface area contributed by atoms with E-state index in [0.29, 0.717) is 10.9 Å². The van der Waals surface area contributed by atoms with Crippen LogP contribution in [0.2, 0.25) is 18.1 Å². The molecule has 10 nitrogen and oxygen atoms in total. The fraction of sp³-hybridized carbons (Fsp3) is 0.452. The molecule has 3 aromatic rings. The van der Waals surface area contributed by atoms with Gasteiger partial charge in [-0.1, -0.05) is 26.8 Å². The summed E-state index contributed by atoms with van der Waals surface area (Å²) in [5.74, 6) is -2.36. The van der Waals surface area contributed by atoms with Crippen molar-refractivity contribution in [3.05, 3.63) is 69.3 Å². The van der Waals surface area contributed by atoms with Crippen molar-refractivity contribution in [3.8, 4) is 11.5 Å². The van der Waals surface area contributed by atoms with E-state index < -0.39 is 43.5 Å². The zero-order valence-corrected chi connectivity index (χ0v) is 27.1. The maximum absolute atomic E-state index is 15.4. The maximum Gasteiger partial charge on any atom is 0.410 e. The van der Waals surface area contributed by atoms with E-state index in [9.17, 15) is 24.6 Å². The van der Waals surface area contributed by atoms with Gasteiger partial charge in [-0.15, -0.1) is 0 Å². The molecule has 0 saturated heterocycles. The Labute approximate surface area is 251 Å². The Morgan fingerprint density at radius 2 is 1.72 bits per heavy atom. The normalized spacial score (nSPS) is 13.1. The van der Waals surface area contributed by atoms with Crippen LogP contribution in [0.15, 0.2) is 41.2 Å². The van der Waals surface area contributed by atoms with Crippen molar-refractivity contribution in [2.24, 2.45) is 0 Å². The first kappa shape index (κ1) is 33.6. The largest absolute Gasteiger partial charge is 0.506 e. The molecule has 1 atom stereocenters. The number of phenolic OH excluding ortho intramolecular Hbond substituents is 1. The van der Waals surface area contributed by atoms with Crippen molar-refractivity contribution in [3.63, 3.8) is 0 Å². The van der Waals surface area contributed by atoms with Gasteiger partial charge in [0.1, 0.15) is 22.9 Å². The molecular formula is C31H41FN2O8Si. The van der Waals surface area contributed by atoms with E-state index in [4.69, 9.17) is 13.9 Å². The molecule has 0 aliphatic heterocycles. The number of hydrogen-bond acceptors (Lipinski definition) is 7. The number of nitrogens with one attached hydrogen (secondary N) is 1. The number of nitrogens with zero attached hydrogens (tertiary/aromatic N) is 1. The van der Waals surface area contributed by atoms with Gasteiger partial charge < -0.3 is 34.0 Å². The molecule has 12 heteroatoms. The highest BCUT2D eigenvalue weighted by atomic mass is 28.4. The third kappa shape index (κ3) is 7.93. The summed E-state index contributed by atoms with van der Waals surface area (Å²) in [4.78, 5) is 41.2. The molecule has 0 fully saturated rings. The van der Waals surface area contributed by atoms with Gasteiger partial charge in [-0.3, -0.25) is 4.79 Å². The molecule has 0 unspecified atom stereocenters. The van der Waals surface area contributed by atoms with Gasteiger partial charge in [-0.2, -0.15) is 0 Å². The molecule has 0 bridgehead atoms. The Balaban J connectivity index is 2.21. The van der Waals surface area contributed by atoms with Gasteiger partial charge in [0.15, 0.2) is 8.32 Å². The SMILES string of the molecule is COc1cc(C(=O)O)cc(F)c1CN(C[C@H](O[Si](C)(C)C(C)(C)C)c1ccc(O)c2[nH]c(=O)ccc12)C(=O)OC(C)(C)C. The van der Waals surface area contributed by atoms with Crippen LogP contribution in [0.1, 0.15) is 69.1 Å². The van der Waals surface area contributed by atoms with Gasteiger partial charge in [0.25, 0.3) is 0 Å². The average molecular weight is 617 g/mol. The number of phenols is 1. The van der Waals surface area contributed by atoms with Crippen LogP contribution in [-0.4, -0.2) is 59.7 Å². The molecule has 0 saturated carbocycles. The Bertz CT molecular complexity index is 1570. The molecule has 234 valence electrons. The number of carbonyl (C=O) groups is 2. The molecule has 0 aliphatic rings. The lowest BCUT2D eigenvalue weighted by Crippen LogP contribution is -2.45. The molecular weight excluding hydrogens is 575 g/mol. The smallest absolute Gasteiger partial charge is 0.410 e. The number of carboxylic acid groups (broad SMARTS) is 1. The summed E-state index contributed by atoms with van der Waals surface area (Å²) in [7, 11) is -1.24. The second-order valence-electron chi connectivity index (χ2n) is 13.0. The number of aromatic amines is 1. The molecule has 43 heavy (non-hydrogen) atoms. The van der Waals surface area contributed by atoms with Gasteiger partial charge in [-0.05, 0) is 68.7 Å². The van der Waals surface area contributed by atoms with Crippen LogP contribution in [0.25, 0.3) is 10.9 Å². The number of aromatic carboxylic acids is 1. The van der Waals surface area contributed by atoms with Gasteiger partial charge in [0, 0.05) is 17.0 Å². The van der Waals surface area contributed by atoms with Crippen LogP contribution in [0.3, 0.4) is 0 Å². The van der Waals surface area contributed by atoms with E-state index in [0.717, 1.165) is 6.07 Å². The van der Waals surface area contributed by atoms with E-state index in [-0.39, 0.29) is 46.3 Å². The summed E-state index contributed by atoms with van der Waals surface area (Å²) in [6, 6.07) is 8.11. The number of rotatable bonds is 9. The Morgan fingerprint density at radius 1 is 1.07 bits per heavy atom. The number of halogens is 1. The minimum Gasteiger partial charge on any atom is -0.506 e. The second kappa shape index (κ2) is 12.4. The fourth-order valence-electron chi connectivity index (χ4n) is 4.26. The summed E-state index contributed by atoms with van der Waals surface area (Å²) < 4.78 is 33.3. The van der Waals surface area contributed by atoms with E-state index in [2.05, 4.69) is 38.8 Å². The second-order valence-corrected chi connectivity index (χ2v) is 17.7. The van der Waals surface area contributed by atoms with Gasteiger partial charge in [0.2, 0.25) is 5.56 Å². The summed E-state index contributed by atoms with van der Waals surface area (Å²) in [5.41, 5.74) is -0.809. The third-order valence-electron chi connectivity index (χ3n) is 7.51. The molecule has 0 aliphatic carbocycles. The zero-order chi connectivity index (χ0) is 32.5. The molecule has 1 heterocycles. The first-order valence-electron chi connectivity index (χ1n) is 13.8. The number of hydrogen-bond donors (Lipinski definition) is 3. The molecule has 3 N–H and O–H groups in total. The maximum atomic E-state index is 15.4. The van der Waals surface area contributed by atoms with Crippen molar-refractivity contribution >= 4 is 31.3 Å². The first-order valence-corrected chi connectivity index (χ1v) is 16.7. The summed E-state index contributed by atoms with van der Waals surface area (Å²) >= 11 is 0. The molecule has 1 amide bonds. The lowest BCUT2D eigenvalue weighted by molar-refractivity contribution is 0.0134. The summed E-state index contributed by atoms with van der Waals surface area (Å²) in [5, 5.41) is 20.2. The Morgan fingerprint density at radius 3 is 2.28 bits per heavy atom. The third-order valence-corrected chi connectivity index (χ3v) is 12.0. The minimum absolute atomic E-state index is 0.0377. The highest BCUT2D eigenvalue weighted by molar-refractivity contribution is 6.74. The van der Waals surface area contributed by atoms with Crippen molar-refractivity contribution in [2.45, 2.75) is 77.9 Å². The summed E-state index contributed by atoms with van der Waals surface area (Å²) in [6.45, 7) is 15.0. The number of amides is 1. The highest BCUT2D eigenvalue weighted by Gasteiger charge is 2.41. The number of aromatic nitrogens is 1. The predicted octanol–water partition coefficient (Wildman–Crippen LogP) is 6.58. The van der Waals surface area contributed by atoms with Crippen molar-refractivity contribution in [1.82, 2.24) is 9.88 Å². The minimum atomic E-state index is -2.53. The number of carbonyl (C=O) groups excluding carboxylic acids is 1. The van der Waals surface area contributed by atoms with Gasteiger partial charge >= 0.3 is 12.1 Å². The zero-order valence-electron chi connectivity index (χ0n) is 26.1. The number of fused-ring (bicyclic) bond motifs is 1. The van der Waals surface area contributed by atoms with Crippen molar-refractivity contribution in [1.29, 1.82) is 0 Å². The van der Waals surface area contributed by atoms with Crippen LogP contribution in [0.4, 0.5) is 9.18 Å². The summed E-state index contributed by atoms with van der Waals surface area (Å²) in [6.07, 6.45) is -1.55. The van der Waals surface area contributed by atoms with Gasteiger partial charge in [-0.25, -0.2) is 14.0 Å². The van der Waals surface area contributed by atoms with E-state index >= 15 is 4.39 Å². The molecule has 3 rings (SSSR count). The average Bonchev–Trinajstić information content (AvgIpc) is 2.87. The predicted molar refractivity (Wildman–Crippen MR) is 164 cm³/mol. The number of H-pyrrole nitrogens is 1. The van der Waals surface area contributed by atoms with Crippen LogP contribution < -0.4 is 10.3 Å². The van der Waals surface area contributed by atoms with Crippen LogP contribution in [0, 0.1) is 5.82 Å². The molecule has 0 spiro atoms. The van der Waals surface area contributed by atoms with E-state index in [1.165, 1.54) is 30.2 Å². The van der Waals surface area contributed by atoms with Crippen molar-refractivity contribution < 1.29 is 38.1 Å². The molecule has 2 aromatic carbocycles. The van der Waals surface area contributed by atoms with Crippen LogP contribution in [-0.2, 0) is 15.7 Å².